The third kappa shape index (κ3) is 4.94. The Balaban J connectivity index is 2.65. The molecule has 0 heterocycles. The lowest BCUT2D eigenvalue weighted by Crippen LogP contribution is -2.18. The quantitative estimate of drug-likeness (QED) is 0.578. The standard InChI is InChI=1S/C19H33N/c1-6-8-9-10-11-18(20-5)16-12-14-17(15-13-16)19(3,4)7-2/h12-15,18,20H,6-11H2,1-5H3. The van der Waals surface area contributed by atoms with Gasteiger partial charge < -0.3 is 5.32 Å². The van der Waals surface area contributed by atoms with E-state index in [9.17, 15) is 0 Å². The van der Waals surface area contributed by atoms with Crippen LogP contribution in [0.2, 0.25) is 0 Å². The Morgan fingerprint density at radius 3 is 2.15 bits per heavy atom. The molecule has 0 aromatic heterocycles. The molecule has 0 spiro atoms. The van der Waals surface area contributed by atoms with Crippen LogP contribution in [0.15, 0.2) is 24.3 Å². The van der Waals surface area contributed by atoms with Crippen molar-refractivity contribution >= 4 is 0 Å². The molecule has 0 radical (unpaired) electrons. The first-order valence-electron chi connectivity index (χ1n) is 8.32. The Bertz CT molecular complexity index is 364. The maximum Gasteiger partial charge on any atom is 0.0317 e. The lowest BCUT2D eigenvalue weighted by atomic mass is 9.81. The zero-order chi connectivity index (χ0) is 15.0. The molecule has 1 N–H and O–H groups in total. The molecule has 1 atom stereocenters. The van der Waals surface area contributed by atoms with Crippen LogP contribution in [0.3, 0.4) is 0 Å². The number of benzene rings is 1. The van der Waals surface area contributed by atoms with Gasteiger partial charge in [0.2, 0.25) is 0 Å². The summed E-state index contributed by atoms with van der Waals surface area (Å²) >= 11 is 0. The van der Waals surface area contributed by atoms with Crippen molar-refractivity contribution in [3.05, 3.63) is 35.4 Å². The molecule has 20 heavy (non-hydrogen) atoms. The van der Waals surface area contributed by atoms with Crippen molar-refractivity contribution in [3.63, 3.8) is 0 Å². The van der Waals surface area contributed by atoms with Gasteiger partial charge in [0.1, 0.15) is 0 Å². The average Bonchev–Trinajstić information content (AvgIpc) is 2.47. The zero-order valence-corrected chi connectivity index (χ0v) is 14.1. The van der Waals surface area contributed by atoms with Crippen LogP contribution in [0.4, 0.5) is 0 Å². The molecule has 0 bridgehead atoms. The molecular formula is C19H33N. The Labute approximate surface area is 126 Å². The summed E-state index contributed by atoms with van der Waals surface area (Å²) in [4.78, 5) is 0. The third-order valence-electron chi connectivity index (χ3n) is 4.67. The number of unbranched alkanes of at least 4 members (excludes halogenated alkanes) is 3. The van der Waals surface area contributed by atoms with Gasteiger partial charge in [-0.15, -0.1) is 0 Å². The highest BCUT2D eigenvalue weighted by atomic mass is 14.9. The SMILES string of the molecule is CCCCCCC(NC)c1ccc(C(C)(C)CC)cc1. The first-order chi connectivity index (χ1) is 9.55. The van der Waals surface area contributed by atoms with Crippen LogP contribution < -0.4 is 5.32 Å². The van der Waals surface area contributed by atoms with Gasteiger partial charge in [-0.1, -0.05) is 77.6 Å². The number of hydrogen-bond donors (Lipinski definition) is 1. The molecule has 1 aromatic rings. The first-order valence-corrected chi connectivity index (χ1v) is 8.32. The Morgan fingerprint density at radius 2 is 1.65 bits per heavy atom. The second-order valence-corrected chi connectivity index (χ2v) is 6.55. The average molecular weight is 275 g/mol. The highest BCUT2D eigenvalue weighted by Crippen LogP contribution is 2.28. The Kier molecular flexibility index (Phi) is 7.29. The van der Waals surface area contributed by atoms with E-state index in [1.807, 2.05) is 0 Å². The highest BCUT2D eigenvalue weighted by Gasteiger charge is 2.18. The van der Waals surface area contributed by atoms with Crippen LogP contribution in [0.1, 0.15) is 83.4 Å². The molecule has 0 aliphatic carbocycles. The van der Waals surface area contributed by atoms with E-state index >= 15 is 0 Å². The minimum atomic E-state index is 0.287. The summed E-state index contributed by atoms with van der Waals surface area (Å²) in [5, 5.41) is 3.47. The van der Waals surface area contributed by atoms with Crippen LogP contribution in [0, 0.1) is 0 Å². The lowest BCUT2D eigenvalue weighted by Gasteiger charge is -2.24. The molecule has 0 saturated heterocycles. The van der Waals surface area contributed by atoms with Crippen molar-refractivity contribution in [1.82, 2.24) is 5.32 Å². The van der Waals surface area contributed by atoms with E-state index in [0.717, 1.165) is 0 Å². The zero-order valence-electron chi connectivity index (χ0n) is 14.1. The molecule has 1 rings (SSSR count). The number of rotatable bonds is 9. The predicted molar refractivity (Wildman–Crippen MR) is 90.3 cm³/mol. The van der Waals surface area contributed by atoms with E-state index in [1.54, 1.807) is 0 Å². The van der Waals surface area contributed by atoms with E-state index in [-0.39, 0.29) is 5.41 Å². The molecule has 0 fully saturated rings. The van der Waals surface area contributed by atoms with E-state index < -0.39 is 0 Å². The van der Waals surface area contributed by atoms with E-state index in [2.05, 4.69) is 64.3 Å². The largest absolute Gasteiger partial charge is 0.313 e. The van der Waals surface area contributed by atoms with Crippen LogP contribution >= 0.6 is 0 Å². The molecule has 0 aliphatic rings. The fourth-order valence-electron chi connectivity index (χ4n) is 2.62. The van der Waals surface area contributed by atoms with Crippen molar-refractivity contribution in [1.29, 1.82) is 0 Å². The second kappa shape index (κ2) is 8.46. The van der Waals surface area contributed by atoms with Gasteiger partial charge in [0, 0.05) is 6.04 Å². The summed E-state index contributed by atoms with van der Waals surface area (Å²) < 4.78 is 0. The molecule has 1 heteroatoms. The van der Waals surface area contributed by atoms with Gasteiger partial charge in [0.25, 0.3) is 0 Å². The van der Waals surface area contributed by atoms with Gasteiger partial charge in [-0.25, -0.2) is 0 Å². The lowest BCUT2D eigenvalue weighted by molar-refractivity contribution is 0.498. The van der Waals surface area contributed by atoms with Gasteiger partial charge >= 0.3 is 0 Å². The van der Waals surface area contributed by atoms with Crippen LogP contribution in [0.5, 0.6) is 0 Å². The summed E-state index contributed by atoms with van der Waals surface area (Å²) in [5.74, 6) is 0. The van der Waals surface area contributed by atoms with Crippen molar-refractivity contribution in [2.45, 2.75) is 77.7 Å². The van der Waals surface area contributed by atoms with Gasteiger partial charge in [-0.3, -0.25) is 0 Å². The summed E-state index contributed by atoms with van der Waals surface area (Å²) in [6.45, 7) is 9.17. The van der Waals surface area contributed by atoms with Crippen LogP contribution in [0.25, 0.3) is 0 Å². The molecule has 1 unspecified atom stereocenters. The van der Waals surface area contributed by atoms with Gasteiger partial charge in [-0.05, 0) is 36.4 Å². The summed E-state index contributed by atoms with van der Waals surface area (Å²) in [6, 6.07) is 9.76. The van der Waals surface area contributed by atoms with Crippen molar-refractivity contribution in [2.24, 2.45) is 0 Å². The third-order valence-corrected chi connectivity index (χ3v) is 4.67. The number of hydrogen-bond acceptors (Lipinski definition) is 1. The van der Waals surface area contributed by atoms with Crippen LogP contribution in [-0.2, 0) is 5.41 Å². The fraction of sp³-hybridized carbons (Fsp3) is 0.684. The molecule has 1 aromatic carbocycles. The van der Waals surface area contributed by atoms with Crippen molar-refractivity contribution < 1.29 is 0 Å². The highest BCUT2D eigenvalue weighted by molar-refractivity contribution is 5.29. The molecule has 1 nitrogen and oxygen atoms in total. The summed E-state index contributed by atoms with van der Waals surface area (Å²) in [6.07, 6.45) is 7.77. The van der Waals surface area contributed by atoms with Gasteiger partial charge in [0.15, 0.2) is 0 Å². The normalized spacial score (nSPS) is 13.4. The molecule has 0 amide bonds. The molecular weight excluding hydrogens is 242 g/mol. The minimum Gasteiger partial charge on any atom is -0.313 e. The maximum absolute atomic E-state index is 3.47. The Morgan fingerprint density at radius 1 is 1.00 bits per heavy atom. The maximum atomic E-state index is 3.47. The van der Waals surface area contributed by atoms with E-state index in [4.69, 9.17) is 0 Å². The van der Waals surface area contributed by atoms with Gasteiger partial charge in [0.05, 0.1) is 0 Å². The smallest absolute Gasteiger partial charge is 0.0317 e. The topological polar surface area (TPSA) is 12.0 Å². The van der Waals surface area contributed by atoms with E-state index in [1.165, 1.54) is 49.7 Å². The Hall–Kier alpha value is -0.820. The molecule has 0 aliphatic heterocycles. The van der Waals surface area contributed by atoms with Crippen molar-refractivity contribution in [2.75, 3.05) is 7.05 Å². The predicted octanol–water partition coefficient (Wildman–Crippen LogP) is 5.61. The van der Waals surface area contributed by atoms with Crippen molar-refractivity contribution in [3.8, 4) is 0 Å². The molecule has 114 valence electrons. The first kappa shape index (κ1) is 17.2. The van der Waals surface area contributed by atoms with E-state index in [0.29, 0.717) is 6.04 Å². The summed E-state index contributed by atoms with van der Waals surface area (Å²) in [7, 11) is 2.08. The fourth-order valence-corrected chi connectivity index (χ4v) is 2.62. The number of nitrogens with one attached hydrogen (secondary N) is 1. The van der Waals surface area contributed by atoms with Crippen LogP contribution in [-0.4, -0.2) is 7.05 Å². The second-order valence-electron chi connectivity index (χ2n) is 6.55. The van der Waals surface area contributed by atoms with Gasteiger partial charge in [-0.2, -0.15) is 0 Å². The molecule has 0 saturated carbocycles. The summed E-state index contributed by atoms with van der Waals surface area (Å²) in [5.41, 5.74) is 3.17. The minimum absolute atomic E-state index is 0.287. The monoisotopic (exact) mass is 275 g/mol.